The monoisotopic (exact) mass is 257 g/mol. The Morgan fingerprint density at radius 2 is 1.94 bits per heavy atom. The van der Waals surface area contributed by atoms with Gasteiger partial charge < -0.3 is 10.3 Å². The Hall–Kier alpha value is -2.05. The lowest BCUT2D eigenvalue weighted by Gasteiger charge is -2.01. The van der Waals surface area contributed by atoms with Crippen molar-refractivity contribution in [2.45, 2.75) is 19.0 Å². The second-order valence-corrected chi connectivity index (χ2v) is 3.77. The van der Waals surface area contributed by atoms with Crippen molar-refractivity contribution in [3.63, 3.8) is 0 Å². The molecular weight excluding hydrogens is 247 g/mol. The first-order valence-electron chi connectivity index (χ1n) is 5.15. The number of aromatic nitrogens is 2. The van der Waals surface area contributed by atoms with Crippen LogP contribution in [0.25, 0.3) is 0 Å². The summed E-state index contributed by atoms with van der Waals surface area (Å²) < 4.78 is 41.1. The zero-order valence-electron chi connectivity index (χ0n) is 9.24. The first-order chi connectivity index (χ1) is 8.44. The molecule has 0 spiro atoms. The summed E-state index contributed by atoms with van der Waals surface area (Å²) in [7, 11) is 0. The van der Waals surface area contributed by atoms with E-state index in [4.69, 9.17) is 10.3 Å². The van der Waals surface area contributed by atoms with Gasteiger partial charge in [-0.15, -0.1) is 0 Å². The zero-order valence-corrected chi connectivity index (χ0v) is 9.24. The van der Waals surface area contributed by atoms with Crippen molar-refractivity contribution in [1.82, 2.24) is 10.1 Å². The molecule has 0 radical (unpaired) electrons. The van der Waals surface area contributed by atoms with E-state index in [-0.39, 0.29) is 18.1 Å². The van der Waals surface area contributed by atoms with Gasteiger partial charge in [0.25, 0.3) is 0 Å². The SMILES string of the molecule is Nc1ccccc1Cc1nc(CC(F)(F)F)no1. The summed E-state index contributed by atoms with van der Waals surface area (Å²) in [5.41, 5.74) is 6.98. The molecule has 0 atom stereocenters. The molecule has 4 nitrogen and oxygen atoms in total. The highest BCUT2D eigenvalue weighted by molar-refractivity contribution is 5.47. The van der Waals surface area contributed by atoms with Crippen LogP contribution in [-0.4, -0.2) is 16.3 Å². The van der Waals surface area contributed by atoms with Crippen molar-refractivity contribution in [1.29, 1.82) is 0 Å². The van der Waals surface area contributed by atoms with Crippen molar-refractivity contribution >= 4 is 5.69 Å². The fourth-order valence-corrected chi connectivity index (χ4v) is 1.47. The van der Waals surface area contributed by atoms with Crippen LogP contribution in [0.4, 0.5) is 18.9 Å². The molecule has 0 aliphatic rings. The van der Waals surface area contributed by atoms with Gasteiger partial charge in [-0.05, 0) is 11.6 Å². The van der Waals surface area contributed by atoms with Crippen LogP contribution < -0.4 is 5.73 Å². The van der Waals surface area contributed by atoms with Gasteiger partial charge in [0.2, 0.25) is 5.89 Å². The van der Waals surface area contributed by atoms with Gasteiger partial charge in [0.05, 0.1) is 6.42 Å². The Bertz CT molecular complexity index is 536. The van der Waals surface area contributed by atoms with Gasteiger partial charge >= 0.3 is 6.18 Å². The van der Waals surface area contributed by atoms with Gasteiger partial charge in [-0.2, -0.15) is 18.2 Å². The lowest BCUT2D eigenvalue weighted by molar-refractivity contribution is -0.128. The van der Waals surface area contributed by atoms with E-state index >= 15 is 0 Å². The number of alkyl halides is 3. The van der Waals surface area contributed by atoms with Crippen molar-refractivity contribution < 1.29 is 17.7 Å². The maximum absolute atomic E-state index is 12.1. The number of benzene rings is 1. The molecular formula is C11H10F3N3O. The number of para-hydroxylation sites is 1. The molecule has 2 rings (SSSR count). The minimum atomic E-state index is -4.34. The van der Waals surface area contributed by atoms with E-state index in [2.05, 4.69) is 10.1 Å². The fourth-order valence-electron chi connectivity index (χ4n) is 1.47. The Morgan fingerprint density at radius 3 is 2.61 bits per heavy atom. The van der Waals surface area contributed by atoms with Gasteiger partial charge in [0, 0.05) is 5.69 Å². The largest absolute Gasteiger partial charge is 0.398 e. The number of nitrogens with zero attached hydrogens (tertiary/aromatic N) is 2. The Labute approximate surface area is 101 Å². The molecule has 0 amide bonds. The fraction of sp³-hybridized carbons (Fsp3) is 0.273. The second-order valence-electron chi connectivity index (χ2n) is 3.77. The van der Waals surface area contributed by atoms with Crippen LogP contribution in [0.2, 0.25) is 0 Å². The summed E-state index contributed by atoms with van der Waals surface area (Å²) in [6.07, 6.45) is -5.31. The second kappa shape index (κ2) is 4.67. The summed E-state index contributed by atoms with van der Waals surface area (Å²) in [6, 6.07) is 6.99. The van der Waals surface area contributed by atoms with Gasteiger partial charge in [0.15, 0.2) is 5.82 Å². The summed E-state index contributed by atoms with van der Waals surface area (Å²) in [5, 5.41) is 3.28. The number of nitrogen functional groups attached to an aromatic ring is 1. The van der Waals surface area contributed by atoms with Crippen LogP contribution in [0.15, 0.2) is 28.8 Å². The average Bonchev–Trinajstić information content (AvgIpc) is 2.66. The Morgan fingerprint density at radius 1 is 1.22 bits per heavy atom. The molecule has 0 bridgehead atoms. The molecule has 1 aromatic carbocycles. The van der Waals surface area contributed by atoms with Crippen molar-refractivity contribution in [2.24, 2.45) is 0 Å². The van der Waals surface area contributed by atoms with Crippen LogP contribution in [0.1, 0.15) is 17.3 Å². The van der Waals surface area contributed by atoms with E-state index in [0.29, 0.717) is 5.69 Å². The number of rotatable bonds is 3. The normalized spacial score (nSPS) is 11.7. The molecule has 2 aromatic rings. The standard InChI is InChI=1S/C11H10F3N3O/c12-11(13,14)6-9-16-10(18-17-9)5-7-3-1-2-4-8(7)15/h1-4H,5-6,15H2. The number of hydrogen-bond donors (Lipinski definition) is 1. The van der Waals surface area contributed by atoms with Gasteiger partial charge in [-0.25, -0.2) is 0 Å². The van der Waals surface area contributed by atoms with Crippen LogP contribution in [0.3, 0.4) is 0 Å². The first kappa shape index (κ1) is 12.4. The van der Waals surface area contributed by atoms with E-state index in [0.717, 1.165) is 5.56 Å². The van der Waals surface area contributed by atoms with E-state index in [1.165, 1.54) is 0 Å². The van der Waals surface area contributed by atoms with E-state index in [9.17, 15) is 13.2 Å². The number of nitrogens with two attached hydrogens (primary N) is 1. The maximum Gasteiger partial charge on any atom is 0.396 e. The molecule has 96 valence electrons. The molecule has 0 fully saturated rings. The van der Waals surface area contributed by atoms with Crippen LogP contribution in [0, 0.1) is 0 Å². The Kier molecular flexibility index (Phi) is 3.22. The van der Waals surface area contributed by atoms with Gasteiger partial charge in [-0.3, -0.25) is 0 Å². The van der Waals surface area contributed by atoms with E-state index in [1.807, 2.05) is 0 Å². The first-order valence-corrected chi connectivity index (χ1v) is 5.15. The molecule has 0 aliphatic carbocycles. The van der Waals surface area contributed by atoms with Gasteiger partial charge in [0.1, 0.15) is 6.42 Å². The Balaban J connectivity index is 2.10. The molecule has 1 aromatic heterocycles. The molecule has 1 heterocycles. The third-order valence-corrected chi connectivity index (χ3v) is 2.27. The number of hydrogen-bond acceptors (Lipinski definition) is 4. The highest BCUT2D eigenvalue weighted by atomic mass is 19.4. The lowest BCUT2D eigenvalue weighted by atomic mass is 10.1. The molecule has 18 heavy (non-hydrogen) atoms. The smallest absolute Gasteiger partial charge is 0.396 e. The molecule has 0 saturated carbocycles. The number of anilines is 1. The molecule has 7 heteroatoms. The molecule has 0 unspecified atom stereocenters. The van der Waals surface area contributed by atoms with E-state index < -0.39 is 12.6 Å². The van der Waals surface area contributed by atoms with Crippen molar-refractivity contribution in [2.75, 3.05) is 5.73 Å². The summed E-state index contributed by atoms with van der Waals surface area (Å²) in [4.78, 5) is 3.68. The highest BCUT2D eigenvalue weighted by Crippen LogP contribution is 2.20. The third-order valence-electron chi connectivity index (χ3n) is 2.27. The highest BCUT2D eigenvalue weighted by Gasteiger charge is 2.30. The van der Waals surface area contributed by atoms with Crippen LogP contribution in [-0.2, 0) is 12.8 Å². The number of halogens is 3. The zero-order chi connectivity index (χ0) is 13.2. The van der Waals surface area contributed by atoms with Crippen molar-refractivity contribution in [3.8, 4) is 0 Å². The van der Waals surface area contributed by atoms with Crippen LogP contribution in [0.5, 0.6) is 0 Å². The molecule has 2 N–H and O–H groups in total. The topological polar surface area (TPSA) is 64.9 Å². The molecule has 0 aliphatic heterocycles. The minimum absolute atomic E-state index is 0.118. The minimum Gasteiger partial charge on any atom is -0.398 e. The maximum atomic E-state index is 12.1. The van der Waals surface area contributed by atoms with E-state index in [1.54, 1.807) is 24.3 Å². The average molecular weight is 257 g/mol. The van der Waals surface area contributed by atoms with Crippen LogP contribution >= 0.6 is 0 Å². The summed E-state index contributed by atoms with van der Waals surface area (Å²) in [6.45, 7) is 0. The third kappa shape index (κ3) is 3.22. The predicted octanol–water partition coefficient (Wildman–Crippen LogP) is 2.35. The molecule has 0 saturated heterocycles. The summed E-state index contributed by atoms with van der Waals surface area (Å²) >= 11 is 0. The van der Waals surface area contributed by atoms with Gasteiger partial charge in [-0.1, -0.05) is 23.4 Å². The van der Waals surface area contributed by atoms with Crippen molar-refractivity contribution in [3.05, 3.63) is 41.5 Å². The quantitative estimate of drug-likeness (QED) is 0.857. The lowest BCUT2D eigenvalue weighted by Crippen LogP contribution is -2.12. The predicted molar refractivity (Wildman–Crippen MR) is 57.7 cm³/mol. The summed E-state index contributed by atoms with van der Waals surface area (Å²) in [5.74, 6) is -0.251.